The van der Waals surface area contributed by atoms with Gasteiger partial charge in [-0.25, -0.2) is 0 Å². The van der Waals surface area contributed by atoms with E-state index in [1.165, 1.54) is 0 Å². The molecule has 1 rings (SSSR count). The summed E-state index contributed by atoms with van der Waals surface area (Å²) in [7, 11) is 0. The van der Waals surface area contributed by atoms with E-state index in [1.54, 1.807) is 0 Å². The van der Waals surface area contributed by atoms with Crippen molar-refractivity contribution in [3.05, 3.63) is 0 Å². The van der Waals surface area contributed by atoms with Crippen LogP contribution in [0.1, 0.15) is 66.7 Å². The largest absolute Gasteiger partial charge is 0.379 e. The topological polar surface area (TPSA) is 41.6 Å². The van der Waals surface area contributed by atoms with E-state index in [0.717, 1.165) is 45.3 Å². The number of nitrogens with one attached hydrogen (secondary N) is 1. The molecular formula is C16H32N2O2. The van der Waals surface area contributed by atoms with Crippen LogP contribution < -0.4 is 5.32 Å². The lowest BCUT2D eigenvalue weighted by atomic mass is 9.99. The third-order valence-corrected chi connectivity index (χ3v) is 4.11. The lowest BCUT2D eigenvalue weighted by Gasteiger charge is -2.24. The van der Waals surface area contributed by atoms with E-state index in [9.17, 15) is 4.79 Å². The van der Waals surface area contributed by atoms with E-state index in [0.29, 0.717) is 6.10 Å². The summed E-state index contributed by atoms with van der Waals surface area (Å²) in [6, 6.07) is 0. The van der Waals surface area contributed by atoms with E-state index < -0.39 is 0 Å². The van der Waals surface area contributed by atoms with E-state index in [4.69, 9.17) is 4.74 Å². The van der Waals surface area contributed by atoms with Crippen molar-refractivity contribution in [3.63, 3.8) is 0 Å². The second-order valence-electron chi connectivity index (χ2n) is 6.26. The van der Waals surface area contributed by atoms with Gasteiger partial charge in [0.25, 0.3) is 0 Å². The van der Waals surface area contributed by atoms with E-state index in [2.05, 4.69) is 33.0 Å². The quantitative estimate of drug-likeness (QED) is 0.662. The van der Waals surface area contributed by atoms with Crippen LogP contribution in [-0.4, -0.2) is 41.8 Å². The number of nitrogens with zero attached hydrogens (tertiary/aromatic N) is 1. The molecule has 0 aromatic rings. The van der Waals surface area contributed by atoms with Crippen LogP contribution in [0.4, 0.5) is 0 Å². The first-order chi connectivity index (χ1) is 9.44. The summed E-state index contributed by atoms with van der Waals surface area (Å²) in [6.07, 6.45) is 5.51. The van der Waals surface area contributed by atoms with E-state index in [-0.39, 0.29) is 17.6 Å². The van der Waals surface area contributed by atoms with Gasteiger partial charge in [-0.3, -0.25) is 10.1 Å². The zero-order valence-corrected chi connectivity index (χ0v) is 13.9. The molecule has 0 radical (unpaired) electrons. The summed E-state index contributed by atoms with van der Waals surface area (Å²) < 4.78 is 5.55. The Kier molecular flexibility index (Phi) is 6.96. The monoisotopic (exact) mass is 284 g/mol. The summed E-state index contributed by atoms with van der Waals surface area (Å²) in [5.41, 5.74) is -0.367. The van der Waals surface area contributed by atoms with Crippen LogP contribution in [-0.2, 0) is 9.53 Å². The summed E-state index contributed by atoms with van der Waals surface area (Å²) in [6.45, 7) is 12.0. The van der Waals surface area contributed by atoms with Gasteiger partial charge < -0.3 is 9.64 Å². The Balaban J connectivity index is 2.46. The lowest BCUT2D eigenvalue weighted by molar-refractivity contribution is -0.133. The molecule has 1 saturated heterocycles. The van der Waals surface area contributed by atoms with Crippen LogP contribution in [0.5, 0.6) is 0 Å². The van der Waals surface area contributed by atoms with Crippen molar-refractivity contribution in [2.45, 2.75) is 84.5 Å². The first-order valence-electron chi connectivity index (χ1n) is 8.15. The molecule has 2 atom stereocenters. The number of amides is 1. The zero-order valence-electron chi connectivity index (χ0n) is 13.9. The molecule has 1 aliphatic rings. The van der Waals surface area contributed by atoms with Gasteiger partial charge in [-0.15, -0.1) is 0 Å². The maximum atomic E-state index is 12.5. The van der Waals surface area contributed by atoms with Crippen molar-refractivity contribution in [2.24, 2.45) is 0 Å². The van der Waals surface area contributed by atoms with Gasteiger partial charge in [0.2, 0.25) is 5.91 Å². The predicted octanol–water partition coefficient (Wildman–Crippen LogP) is 2.92. The fourth-order valence-electron chi connectivity index (χ4n) is 2.68. The molecule has 20 heavy (non-hydrogen) atoms. The maximum Gasteiger partial charge on any atom is 0.243 e. The summed E-state index contributed by atoms with van der Waals surface area (Å²) in [4.78, 5) is 14.6. The molecule has 2 unspecified atom stereocenters. The molecule has 0 aliphatic carbocycles. The summed E-state index contributed by atoms with van der Waals surface area (Å²) in [5, 5.41) is 3.52. The highest BCUT2D eigenvalue weighted by Crippen LogP contribution is 2.26. The first kappa shape index (κ1) is 17.4. The highest BCUT2D eigenvalue weighted by Gasteiger charge is 2.45. The Morgan fingerprint density at radius 1 is 1.35 bits per heavy atom. The molecule has 1 aliphatic heterocycles. The molecule has 0 saturated carbocycles. The number of ether oxygens (including phenoxy) is 1. The highest BCUT2D eigenvalue weighted by molar-refractivity contribution is 5.88. The Labute approximate surface area is 124 Å². The van der Waals surface area contributed by atoms with Crippen LogP contribution in [0.3, 0.4) is 0 Å². The van der Waals surface area contributed by atoms with Crippen molar-refractivity contribution >= 4 is 5.91 Å². The minimum atomic E-state index is -0.367. The third-order valence-electron chi connectivity index (χ3n) is 4.11. The summed E-state index contributed by atoms with van der Waals surface area (Å²) >= 11 is 0. The van der Waals surface area contributed by atoms with Gasteiger partial charge >= 0.3 is 0 Å². The van der Waals surface area contributed by atoms with Gasteiger partial charge in [0.05, 0.1) is 17.8 Å². The predicted molar refractivity (Wildman–Crippen MR) is 82.6 cm³/mol. The van der Waals surface area contributed by atoms with Crippen molar-refractivity contribution in [3.8, 4) is 0 Å². The van der Waals surface area contributed by atoms with Gasteiger partial charge in [0.1, 0.15) is 0 Å². The second kappa shape index (κ2) is 7.99. The Hall–Kier alpha value is -0.610. The molecular weight excluding hydrogens is 252 g/mol. The Morgan fingerprint density at radius 3 is 2.60 bits per heavy atom. The minimum Gasteiger partial charge on any atom is -0.379 e. The van der Waals surface area contributed by atoms with Gasteiger partial charge in [-0.2, -0.15) is 0 Å². The first-order valence-corrected chi connectivity index (χ1v) is 8.15. The number of carbonyl (C=O) groups excluding carboxylic acids is 1. The molecule has 1 N–H and O–H groups in total. The molecule has 1 fully saturated rings. The van der Waals surface area contributed by atoms with Crippen LogP contribution >= 0.6 is 0 Å². The normalized spacial score (nSPS) is 26.8. The zero-order chi connectivity index (χ0) is 15.2. The van der Waals surface area contributed by atoms with Gasteiger partial charge in [0.15, 0.2) is 0 Å². The van der Waals surface area contributed by atoms with Gasteiger partial charge in [0, 0.05) is 13.2 Å². The standard InChI is InChI=1S/C16H32N2O2/c1-6-10-14-17-16(5,7-2)15(19)18(14)11-8-9-12-20-13(3)4/h13-14,17H,6-12H2,1-5H3. The fraction of sp³-hybridized carbons (Fsp3) is 0.938. The van der Waals surface area contributed by atoms with Crippen molar-refractivity contribution in [1.82, 2.24) is 10.2 Å². The molecule has 118 valence electrons. The number of unbranched alkanes of at least 4 members (excludes halogenated alkanes) is 1. The second-order valence-corrected chi connectivity index (χ2v) is 6.26. The summed E-state index contributed by atoms with van der Waals surface area (Å²) in [5.74, 6) is 0.267. The number of hydrogen-bond acceptors (Lipinski definition) is 3. The van der Waals surface area contributed by atoms with Gasteiger partial charge in [-0.05, 0) is 46.5 Å². The maximum absolute atomic E-state index is 12.5. The van der Waals surface area contributed by atoms with Gasteiger partial charge in [-0.1, -0.05) is 20.3 Å². The molecule has 0 bridgehead atoms. The van der Waals surface area contributed by atoms with Crippen molar-refractivity contribution < 1.29 is 9.53 Å². The smallest absolute Gasteiger partial charge is 0.243 e. The Morgan fingerprint density at radius 2 is 2.05 bits per heavy atom. The van der Waals surface area contributed by atoms with Crippen LogP contribution in [0, 0.1) is 0 Å². The number of hydrogen-bond donors (Lipinski definition) is 1. The molecule has 0 aromatic heterocycles. The number of rotatable bonds is 9. The van der Waals surface area contributed by atoms with Crippen molar-refractivity contribution in [2.75, 3.05) is 13.2 Å². The van der Waals surface area contributed by atoms with Crippen LogP contribution in [0.2, 0.25) is 0 Å². The molecule has 4 nitrogen and oxygen atoms in total. The molecule has 0 aromatic carbocycles. The van der Waals surface area contributed by atoms with Crippen LogP contribution in [0.15, 0.2) is 0 Å². The lowest BCUT2D eigenvalue weighted by Crippen LogP contribution is -2.43. The van der Waals surface area contributed by atoms with Crippen molar-refractivity contribution in [1.29, 1.82) is 0 Å². The fourth-order valence-corrected chi connectivity index (χ4v) is 2.68. The average molecular weight is 284 g/mol. The SMILES string of the molecule is CCCC1NC(C)(CC)C(=O)N1CCCCOC(C)C. The van der Waals surface area contributed by atoms with Crippen LogP contribution in [0.25, 0.3) is 0 Å². The highest BCUT2D eigenvalue weighted by atomic mass is 16.5. The molecule has 1 amide bonds. The van der Waals surface area contributed by atoms with E-state index >= 15 is 0 Å². The number of carbonyl (C=O) groups is 1. The molecule has 4 heteroatoms. The Bertz CT molecular complexity index is 307. The molecule has 1 heterocycles. The average Bonchev–Trinajstić information content (AvgIpc) is 2.63. The third kappa shape index (κ3) is 4.45. The van der Waals surface area contributed by atoms with E-state index in [1.807, 2.05) is 11.8 Å². The molecule has 0 spiro atoms. The minimum absolute atomic E-state index is 0.212.